The molecule has 0 saturated heterocycles. The smallest absolute Gasteiger partial charge is 0.158 e. The van der Waals surface area contributed by atoms with Crippen LogP contribution in [0.1, 0.15) is 5.69 Å². The molecule has 0 saturated carbocycles. The second kappa shape index (κ2) is 2.72. The van der Waals surface area contributed by atoms with E-state index in [0.29, 0.717) is 0 Å². The van der Waals surface area contributed by atoms with Crippen LogP contribution in [0, 0.1) is 0 Å². The van der Waals surface area contributed by atoms with Crippen molar-refractivity contribution in [1.29, 1.82) is 0 Å². The van der Waals surface area contributed by atoms with Gasteiger partial charge in [0.15, 0.2) is 5.65 Å². The van der Waals surface area contributed by atoms with E-state index in [1.807, 2.05) is 0 Å². The molecule has 5 heteroatoms. The summed E-state index contributed by atoms with van der Waals surface area (Å²) in [7, 11) is 0. The van der Waals surface area contributed by atoms with Gasteiger partial charge in [-0.25, -0.2) is 9.97 Å². The van der Waals surface area contributed by atoms with Gasteiger partial charge in [0.1, 0.15) is 6.33 Å². The highest BCUT2D eigenvalue weighted by Gasteiger charge is 2.01. The Morgan fingerprint density at radius 1 is 1.45 bits per heavy atom. The zero-order chi connectivity index (χ0) is 7.68. The Morgan fingerprint density at radius 3 is 3.18 bits per heavy atom. The molecule has 11 heavy (non-hydrogen) atoms. The summed E-state index contributed by atoms with van der Waals surface area (Å²) in [6, 6.07) is 0. The van der Waals surface area contributed by atoms with Crippen LogP contribution in [0.5, 0.6) is 0 Å². The average molecular weight is 260 g/mol. The zero-order valence-electron chi connectivity index (χ0n) is 5.58. The average Bonchev–Trinajstić information content (AvgIpc) is 2.50. The van der Waals surface area contributed by atoms with Crippen molar-refractivity contribution in [3.63, 3.8) is 0 Å². The van der Waals surface area contributed by atoms with Gasteiger partial charge in [-0.3, -0.25) is 5.10 Å². The molecule has 0 amide bonds. The van der Waals surface area contributed by atoms with Gasteiger partial charge in [-0.15, -0.1) is 0 Å². The minimum Gasteiger partial charge on any atom is -0.261 e. The first-order valence-corrected chi connectivity index (χ1v) is 4.63. The van der Waals surface area contributed by atoms with E-state index in [1.165, 1.54) is 0 Å². The van der Waals surface area contributed by atoms with Crippen LogP contribution in [0.25, 0.3) is 11.0 Å². The summed E-state index contributed by atoms with van der Waals surface area (Å²) >= 11 is 2.27. The van der Waals surface area contributed by atoms with Crippen molar-refractivity contribution in [2.75, 3.05) is 0 Å². The largest absolute Gasteiger partial charge is 0.261 e. The number of aromatic nitrogens is 4. The number of hydrogen-bond acceptors (Lipinski definition) is 3. The van der Waals surface area contributed by atoms with Crippen LogP contribution in [0.4, 0.5) is 0 Å². The van der Waals surface area contributed by atoms with Crippen molar-refractivity contribution in [3.05, 3.63) is 18.2 Å². The van der Waals surface area contributed by atoms with Crippen molar-refractivity contribution in [2.45, 2.75) is 4.43 Å². The van der Waals surface area contributed by atoms with E-state index < -0.39 is 0 Å². The Kier molecular flexibility index (Phi) is 1.72. The maximum Gasteiger partial charge on any atom is 0.158 e. The predicted molar refractivity (Wildman–Crippen MR) is 49.4 cm³/mol. The zero-order valence-corrected chi connectivity index (χ0v) is 7.74. The Bertz CT molecular complexity index is 369. The molecule has 0 bridgehead atoms. The number of nitrogens with zero attached hydrogens (tertiary/aromatic N) is 3. The molecule has 2 aromatic rings. The number of nitrogens with one attached hydrogen (secondary N) is 1. The van der Waals surface area contributed by atoms with E-state index in [0.717, 1.165) is 21.2 Å². The van der Waals surface area contributed by atoms with Gasteiger partial charge in [0.05, 0.1) is 17.3 Å². The summed E-state index contributed by atoms with van der Waals surface area (Å²) in [5, 5.41) is 7.68. The fourth-order valence-electron chi connectivity index (χ4n) is 0.921. The molecule has 2 heterocycles. The highest BCUT2D eigenvalue weighted by atomic mass is 127. The fourth-order valence-corrected chi connectivity index (χ4v) is 1.53. The third kappa shape index (κ3) is 1.09. The van der Waals surface area contributed by atoms with Crippen LogP contribution in [0.15, 0.2) is 12.5 Å². The summed E-state index contributed by atoms with van der Waals surface area (Å²) in [6.07, 6.45) is 3.30. The molecule has 56 valence electrons. The predicted octanol–water partition coefficient (Wildman–Crippen LogP) is 1.29. The van der Waals surface area contributed by atoms with E-state index in [2.05, 4.69) is 42.8 Å². The van der Waals surface area contributed by atoms with E-state index >= 15 is 0 Å². The number of halogens is 1. The number of alkyl halides is 1. The van der Waals surface area contributed by atoms with Crippen LogP contribution >= 0.6 is 22.6 Å². The lowest BCUT2D eigenvalue weighted by Gasteiger charge is -1.92. The van der Waals surface area contributed by atoms with Crippen LogP contribution in [0.3, 0.4) is 0 Å². The minimum atomic E-state index is 0.812. The molecule has 1 N–H and O–H groups in total. The monoisotopic (exact) mass is 260 g/mol. The Morgan fingerprint density at radius 2 is 2.36 bits per heavy atom. The van der Waals surface area contributed by atoms with Crippen LogP contribution < -0.4 is 0 Å². The highest BCUT2D eigenvalue weighted by Crippen LogP contribution is 2.13. The van der Waals surface area contributed by atoms with Gasteiger partial charge >= 0.3 is 0 Å². The summed E-state index contributed by atoms with van der Waals surface area (Å²) < 4.78 is 0.885. The molecule has 0 aromatic carbocycles. The molecule has 2 aromatic heterocycles. The molecule has 0 radical (unpaired) electrons. The normalized spacial score (nSPS) is 10.6. The molecule has 0 aliphatic carbocycles. The summed E-state index contributed by atoms with van der Waals surface area (Å²) in [5.74, 6) is 0. The first-order chi connectivity index (χ1) is 5.42. The lowest BCUT2D eigenvalue weighted by atomic mass is 10.3. The van der Waals surface area contributed by atoms with E-state index in [4.69, 9.17) is 0 Å². The minimum absolute atomic E-state index is 0.812. The number of aromatic amines is 1. The first-order valence-electron chi connectivity index (χ1n) is 3.10. The number of H-pyrrole nitrogens is 1. The van der Waals surface area contributed by atoms with Gasteiger partial charge in [-0.05, 0) is 0 Å². The molecule has 4 nitrogen and oxygen atoms in total. The Hall–Kier alpha value is -0.720. The quantitative estimate of drug-likeness (QED) is 0.620. The summed E-state index contributed by atoms with van der Waals surface area (Å²) in [6.45, 7) is 0. The van der Waals surface area contributed by atoms with E-state index in [1.54, 1.807) is 12.5 Å². The van der Waals surface area contributed by atoms with Crippen molar-refractivity contribution >= 4 is 33.6 Å². The van der Waals surface area contributed by atoms with Crippen molar-refractivity contribution in [3.8, 4) is 0 Å². The highest BCUT2D eigenvalue weighted by molar-refractivity contribution is 14.1. The van der Waals surface area contributed by atoms with Crippen molar-refractivity contribution in [2.24, 2.45) is 0 Å². The molecular formula is C6H5IN4. The standard InChI is InChI=1S/C6H5IN4/c7-1-5-4-2-10-11-6(4)9-3-8-5/h2-3H,1H2,(H,8,9,10,11). The van der Waals surface area contributed by atoms with Crippen LogP contribution in [-0.2, 0) is 4.43 Å². The second-order valence-electron chi connectivity index (χ2n) is 2.09. The molecule has 0 atom stereocenters. The maximum absolute atomic E-state index is 4.12. The molecule has 0 fully saturated rings. The molecule has 0 aliphatic rings. The van der Waals surface area contributed by atoms with Gasteiger partial charge in [-0.1, -0.05) is 22.6 Å². The second-order valence-corrected chi connectivity index (χ2v) is 2.85. The van der Waals surface area contributed by atoms with Gasteiger partial charge in [0.25, 0.3) is 0 Å². The number of hydrogen-bond donors (Lipinski definition) is 1. The molecule has 0 spiro atoms. The lowest BCUT2D eigenvalue weighted by molar-refractivity contribution is 1.08. The topological polar surface area (TPSA) is 54.5 Å². The van der Waals surface area contributed by atoms with Gasteiger partial charge in [-0.2, -0.15) is 5.10 Å². The summed E-state index contributed by atoms with van der Waals surface area (Å²) in [5.41, 5.74) is 1.84. The molecule has 0 aliphatic heterocycles. The summed E-state index contributed by atoms with van der Waals surface area (Å²) in [4.78, 5) is 8.14. The Balaban J connectivity index is 2.79. The molecule has 0 unspecified atom stereocenters. The maximum atomic E-state index is 4.12. The van der Waals surface area contributed by atoms with Gasteiger partial charge < -0.3 is 0 Å². The van der Waals surface area contributed by atoms with Gasteiger partial charge in [0, 0.05) is 4.43 Å². The number of rotatable bonds is 1. The lowest BCUT2D eigenvalue weighted by Crippen LogP contribution is -1.87. The van der Waals surface area contributed by atoms with Crippen LogP contribution in [-0.4, -0.2) is 20.2 Å². The van der Waals surface area contributed by atoms with E-state index in [-0.39, 0.29) is 0 Å². The van der Waals surface area contributed by atoms with Crippen LogP contribution in [0.2, 0.25) is 0 Å². The molecular weight excluding hydrogens is 255 g/mol. The van der Waals surface area contributed by atoms with Gasteiger partial charge in [0.2, 0.25) is 0 Å². The van der Waals surface area contributed by atoms with Crippen molar-refractivity contribution in [1.82, 2.24) is 20.2 Å². The third-order valence-corrected chi connectivity index (χ3v) is 2.18. The Labute approximate surface area is 76.6 Å². The van der Waals surface area contributed by atoms with E-state index in [9.17, 15) is 0 Å². The molecule has 2 rings (SSSR count). The third-order valence-electron chi connectivity index (χ3n) is 1.46. The fraction of sp³-hybridized carbons (Fsp3) is 0.167. The first kappa shape index (κ1) is 6.96. The number of fused-ring (bicyclic) bond motifs is 1. The SMILES string of the molecule is ICc1ncnc2[nH]ncc12. The van der Waals surface area contributed by atoms with Crippen molar-refractivity contribution < 1.29 is 0 Å².